The molecule has 1 aliphatic heterocycles. The van der Waals surface area contributed by atoms with Gasteiger partial charge in [0, 0.05) is 25.6 Å². The van der Waals surface area contributed by atoms with Crippen LogP contribution in [0.5, 0.6) is 0 Å². The molecule has 1 amide bonds. The third-order valence-corrected chi connectivity index (χ3v) is 7.58. The monoisotopic (exact) mass is 414 g/mol. The summed E-state index contributed by atoms with van der Waals surface area (Å²) >= 11 is 0. The number of nitrogens with zero attached hydrogens (tertiary/aromatic N) is 1. The zero-order valence-electron chi connectivity index (χ0n) is 17.4. The van der Waals surface area contributed by atoms with Gasteiger partial charge in [-0.05, 0) is 62.8 Å². The molecule has 2 aromatic rings. The van der Waals surface area contributed by atoms with Crippen molar-refractivity contribution in [3.63, 3.8) is 0 Å². The Bertz CT molecular complexity index is 960. The van der Waals surface area contributed by atoms with Gasteiger partial charge in [-0.25, -0.2) is 8.42 Å². The number of rotatable bonds is 6. The molecule has 0 aliphatic carbocycles. The largest absolute Gasteiger partial charge is 0.353 e. The average Bonchev–Trinajstić information content (AvgIpc) is 2.70. The first kappa shape index (κ1) is 21.5. The van der Waals surface area contributed by atoms with E-state index in [-0.39, 0.29) is 11.9 Å². The molecule has 1 fully saturated rings. The van der Waals surface area contributed by atoms with E-state index in [0.29, 0.717) is 43.7 Å². The van der Waals surface area contributed by atoms with Crippen molar-refractivity contribution in [2.24, 2.45) is 0 Å². The molecule has 0 saturated carbocycles. The molecule has 0 atom stereocenters. The van der Waals surface area contributed by atoms with Crippen LogP contribution in [0.1, 0.15) is 41.5 Å². The van der Waals surface area contributed by atoms with Crippen LogP contribution in [0, 0.1) is 20.8 Å². The highest BCUT2D eigenvalue weighted by Gasteiger charge is 2.30. The second kappa shape index (κ2) is 9.09. The summed E-state index contributed by atoms with van der Waals surface area (Å²) in [5.74, 6) is 0.0291. The van der Waals surface area contributed by atoms with Gasteiger partial charge < -0.3 is 5.32 Å². The molecule has 0 spiro atoms. The number of carbonyl (C=O) groups is 1. The van der Waals surface area contributed by atoms with Gasteiger partial charge in [0.05, 0.1) is 4.90 Å². The number of amides is 1. The van der Waals surface area contributed by atoms with Crippen LogP contribution in [0.15, 0.2) is 47.4 Å². The van der Waals surface area contributed by atoms with E-state index < -0.39 is 10.0 Å². The first-order valence-corrected chi connectivity index (χ1v) is 11.6. The van der Waals surface area contributed by atoms with E-state index in [1.165, 1.54) is 5.56 Å². The minimum atomic E-state index is -3.50. The van der Waals surface area contributed by atoms with Crippen LogP contribution in [0.3, 0.4) is 0 Å². The molecule has 5 nitrogen and oxygen atoms in total. The predicted molar refractivity (Wildman–Crippen MR) is 115 cm³/mol. The Hall–Kier alpha value is -2.18. The Morgan fingerprint density at radius 3 is 2.28 bits per heavy atom. The lowest BCUT2D eigenvalue weighted by atomic mass is 10.1. The minimum Gasteiger partial charge on any atom is -0.353 e. The summed E-state index contributed by atoms with van der Waals surface area (Å²) < 4.78 is 27.6. The molecule has 29 heavy (non-hydrogen) atoms. The topological polar surface area (TPSA) is 66.5 Å². The van der Waals surface area contributed by atoms with Gasteiger partial charge in [-0.1, -0.05) is 42.0 Å². The highest BCUT2D eigenvalue weighted by Crippen LogP contribution is 2.24. The zero-order valence-corrected chi connectivity index (χ0v) is 18.3. The summed E-state index contributed by atoms with van der Waals surface area (Å²) in [4.78, 5) is 12.7. The van der Waals surface area contributed by atoms with Crippen molar-refractivity contribution in [3.05, 3.63) is 64.7 Å². The van der Waals surface area contributed by atoms with Gasteiger partial charge in [-0.3, -0.25) is 4.79 Å². The van der Waals surface area contributed by atoms with Gasteiger partial charge >= 0.3 is 0 Å². The maximum absolute atomic E-state index is 13.0. The normalized spacial score (nSPS) is 16.0. The van der Waals surface area contributed by atoms with Gasteiger partial charge in [0.25, 0.3) is 0 Å². The van der Waals surface area contributed by atoms with Crippen LogP contribution in [0.25, 0.3) is 0 Å². The summed E-state index contributed by atoms with van der Waals surface area (Å²) in [5.41, 5.74) is 4.06. The standard InChI is InChI=1S/C23H30N2O3S/c1-17-5-8-20(9-6-17)10-11-23(26)24-21-12-14-25(15-13-21)29(27,28)22-16-18(2)4-7-19(22)3/h4-9,16,21H,10-15H2,1-3H3,(H,24,26). The molecule has 156 valence electrons. The van der Waals surface area contributed by atoms with Gasteiger partial charge in [0.2, 0.25) is 15.9 Å². The highest BCUT2D eigenvalue weighted by molar-refractivity contribution is 7.89. The van der Waals surface area contributed by atoms with E-state index in [4.69, 9.17) is 0 Å². The van der Waals surface area contributed by atoms with E-state index in [2.05, 4.69) is 29.6 Å². The zero-order chi connectivity index (χ0) is 21.0. The van der Waals surface area contributed by atoms with Crippen molar-refractivity contribution in [2.75, 3.05) is 13.1 Å². The fourth-order valence-corrected chi connectivity index (χ4v) is 5.46. The lowest BCUT2D eigenvalue weighted by molar-refractivity contribution is -0.122. The second-order valence-corrected chi connectivity index (χ2v) is 9.91. The molecule has 1 aliphatic rings. The Morgan fingerprint density at radius 2 is 1.62 bits per heavy atom. The third-order valence-electron chi connectivity index (χ3n) is 5.54. The first-order valence-electron chi connectivity index (χ1n) is 10.2. The molecule has 0 aromatic heterocycles. The maximum atomic E-state index is 13.0. The van der Waals surface area contributed by atoms with Gasteiger partial charge in [0.15, 0.2) is 0 Å². The van der Waals surface area contributed by atoms with Crippen LogP contribution >= 0.6 is 0 Å². The molecule has 1 saturated heterocycles. The molecular formula is C23H30N2O3S. The van der Waals surface area contributed by atoms with E-state index in [1.54, 1.807) is 10.4 Å². The Labute approximate surface area is 174 Å². The van der Waals surface area contributed by atoms with E-state index in [0.717, 1.165) is 16.7 Å². The average molecular weight is 415 g/mol. The number of piperidine rings is 1. The van der Waals surface area contributed by atoms with Crippen LogP contribution in [-0.2, 0) is 21.2 Å². The molecule has 6 heteroatoms. The van der Waals surface area contributed by atoms with E-state index in [1.807, 2.05) is 32.9 Å². The van der Waals surface area contributed by atoms with Crippen LogP contribution < -0.4 is 5.32 Å². The van der Waals surface area contributed by atoms with Crippen molar-refractivity contribution in [1.82, 2.24) is 9.62 Å². The number of hydrogen-bond donors (Lipinski definition) is 1. The molecule has 1 N–H and O–H groups in total. The van der Waals surface area contributed by atoms with E-state index in [9.17, 15) is 13.2 Å². The second-order valence-electron chi connectivity index (χ2n) is 8.00. The predicted octanol–water partition coefficient (Wildman–Crippen LogP) is 3.51. The fraction of sp³-hybridized carbons (Fsp3) is 0.435. The number of carbonyl (C=O) groups excluding carboxylic acids is 1. The number of nitrogens with one attached hydrogen (secondary N) is 1. The lowest BCUT2D eigenvalue weighted by Crippen LogP contribution is -2.46. The number of sulfonamides is 1. The molecular weight excluding hydrogens is 384 g/mol. The summed E-state index contributed by atoms with van der Waals surface area (Å²) in [6.45, 7) is 6.63. The van der Waals surface area contributed by atoms with E-state index >= 15 is 0 Å². The van der Waals surface area contributed by atoms with Crippen molar-refractivity contribution in [3.8, 4) is 0 Å². The first-order chi connectivity index (χ1) is 13.8. The van der Waals surface area contributed by atoms with Crippen molar-refractivity contribution < 1.29 is 13.2 Å². The SMILES string of the molecule is Cc1ccc(CCC(=O)NC2CCN(S(=O)(=O)c3cc(C)ccc3C)CC2)cc1. The number of hydrogen-bond acceptors (Lipinski definition) is 3. The van der Waals surface area contributed by atoms with Gasteiger partial charge in [-0.15, -0.1) is 0 Å². The van der Waals surface area contributed by atoms with Crippen molar-refractivity contribution in [1.29, 1.82) is 0 Å². The smallest absolute Gasteiger partial charge is 0.243 e. The molecule has 2 aromatic carbocycles. The van der Waals surface area contributed by atoms with Crippen LogP contribution in [0.2, 0.25) is 0 Å². The van der Waals surface area contributed by atoms with Gasteiger partial charge in [0.1, 0.15) is 0 Å². The summed E-state index contributed by atoms with van der Waals surface area (Å²) in [6, 6.07) is 13.8. The molecule has 0 unspecified atom stereocenters. The molecule has 0 bridgehead atoms. The maximum Gasteiger partial charge on any atom is 0.243 e. The fourth-order valence-electron chi connectivity index (χ4n) is 3.68. The summed E-state index contributed by atoms with van der Waals surface area (Å²) in [7, 11) is -3.50. The number of benzene rings is 2. The quantitative estimate of drug-likeness (QED) is 0.787. The Kier molecular flexibility index (Phi) is 6.75. The lowest BCUT2D eigenvalue weighted by Gasteiger charge is -2.32. The van der Waals surface area contributed by atoms with Crippen LogP contribution in [0.4, 0.5) is 0 Å². The number of aryl methyl sites for hydroxylation is 4. The van der Waals surface area contributed by atoms with Crippen LogP contribution in [-0.4, -0.2) is 37.8 Å². The minimum absolute atomic E-state index is 0.0291. The van der Waals surface area contributed by atoms with Crippen molar-refractivity contribution >= 4 is 15.9 Å². The Morgan fingerprint density at radius 1 is 1.00 bits per heavy atom. The highest BCUT2D eigenvalue weighted by atomic mass is 32.2. The third kappa shape index (κ3) is 5.46. The molecule has 0 radical (unpaired) electrons. The van der Waals surface area contributed by atoms with Crippen molar-refractivity contribution in [2.45, 2.75) is 57.4 Å². The summed E-state index contributed by atoms with van der Waals surface area (Å²) in [5, 5.41) is 3.07. The molecule has 1 heterocycles. The summed E-state index contributed by atoms with van der Waals surface area (Å²) in [6.07, 6.45) is 2.44. The Balaban J connectivity index is 1.51. The molecule has 3 rings (SSSR count). The van der Waals surface area contributed by atoms with Gasteiger partial charge in [-0.2, -0.15) is 4.31 Å².